The van der Waals surface area contributed by atoms with Crippen molar-refractivity contribution in [2.24, 2.45) is 0 Å². The van der Waals surface area contributed by atoms with Gasteiger partial charge in [0.05, 0.1) is 16.8 Å². The van der Waals surface area contributed by atoms with Crippen molar-refractivity contribution in [3.63, 3.8) is 0 Å². The lowest BCUT2D eigenvalue weighted by molar-refractivity contribution is 0.00578. The van der Waals surface area contributed by atoms with E-state index in [1.807, 2.05) is 6.20 Å². The minimum Gasteiger partial charge on any atom is -0.398 e. The van der Waals surface area contributed by atoms with E-state index in [1.54, 1.807) is 0 Å². The first-order valence-corrected chi connectivity index (χ1v) is 6.85. The van der Waals surface area contributed by atoms with E-state index in [2.05, 4.69) is 65.6 Å². The van der Waals surface area contributed by atoms with E-state index < -0.39 is 0 Å². The summed E-state index contributed by atoms with van der Waals surface area (Å²) in [6.45, 7) is 14.8. The third-order valence-corrected chi connectivity index (χ3v) is 4.14. The average molecular weight is 261 g/mol. The highest BCUT2D eigenvalue weighted by molar-refractivity contribution is 6.61. The topological polar surface area (TPSA) is 31.4 Å². The Morgan fingerprint density at radius 1 is 1.05 bits per heavy atom. The molecule has 0 amide bonds. The molecule has 104 valence electrons. The second kappa shape index (κ2) is 4.32. The van der Waals surface area contributed by atoms with Crippen molar-refractivity contribution < 1.29 is 9.31 Å². The van der Waals surface area contributed by atoms with Crippen LogP contribution in [0, 0.1) is 0 Å². The summed E-state index contributed by atoms with van der Waals surface area (Å²) in [5.41, 5.74) is 1.55. The number of hydrogen-bond donors (Lipinski definition) is 0. The molecule has 0 atom stereocenters. The molecule has 0 saturated carbocycles. The molecule has 1 aromatic rings. The molecule has 2 rings (SSSR count). The van der Waals surface area contributed by atoms with Gasteiger partial charge in [0.25, 0.3) is 0 Å². The molecule has 0 unspecified atom stereocenters. The molecule has 1 saturated heterocycles. The van der Waals surface area contributed by atoms with Gasteiger partial charge in [0, 0.05) is 6.20 Å². The SMILES string of the molecule is CC(C)(C)c1ccnc(B2OC(C)(C)C(C)(C)O2)c1. The first-order valence-electron chi connectivity index (χ1n) is 6.85. The van der Waals surface area contributed by atoms with Crippen LogP contribution in [-0.2, 0) is 14.7 Å². The van der Waals surface area contributed by atoms with E-state index in [4.69, 9.17) is 9.31 Å². The van der Waals surface area contributed by atoms with Crippen LogP contribution in [0.1, 0.15) is 54.0 Å². The Hall–Kier alpha value is -0.865. The van der Waals surface area contributed by atoms with Crippen molar-refractivity contribution in [3.8, 4) is 0 Å². The number of aromatic nitrogens is 1. The molecule has 4 heteroatoms. The highest BCUT2D eigenvalue weighted by atomic mass is 16.7. The molecule has 3 nitrogen and oxygen atoms in total. The van der Waals surface area contributed by atoms with Crippen LogP contribution in [0.3, 0.4) is 0 Å². The molecule has 0 aliphatic carbocycles. The molecule has 1 aliphatic heterocycles. The predicted molar refractivity (Wildman–Crippen MR) is 78.7 cm³/mol. The van der Waals surface area contributed by atoms with Crippen molar-refractivity contribution in [2.45, 2.75) is 65.1 Å². The van der Waals surface area contributed by atoms with Gasteiger partial charge in [-0.15, -0.1) is 0 Å². The third kappa shape index (κ3) is 2.70. The van der Waals surface area contributed by atoms with Gasteiger partial charge in [-0.2, -0.15) is 0 Å². The van der Waals surface area contributed by atoms with Crippen LogP contribution < -0.4 is 5.59 Å². The summed E-state index contributed by atoms with van der Waals surface area (Å²) in [7, 11) is -0.382. The second-order valence-electron chi connectivity index (χ2n) is 7.31. The summed E-state index contributed by atoms with van der Waals surface area (Å²) >= 11 is 0. The molecule has 19 heavy (non-hydrogen) atoms. The summed E-state index contributed by atoms with van der Waals surface area (Å²) in [6, 6.07) is 4.14. The van der Waals surface area contributed by atoms with Crippen LogP contribution >= 0.6 is 0 Å². The van der Waals surface area contributed by atoms with Gasteiger partial charge in [-0.25, -0.2) is 0 Å². The summed E-state index contributed by atoms with van der Waals surface area (Å²) in [6.07, 6.45) is 1.83. The van der Waals surface area contributed by atoms with Crippen molar-refractivity contribution in [3.05, 3.63) is 23.9 Å². The molecule has 0 radical (unpaired) electrons. The lowest BCUT2D eigenvalue weighted by atomic mass is 9.79. The van der Waals surface area contributed by atoms with Crippen molar-refractivity contribution >= 4 is 12.7 Å². The molecular weight excluding hydrogens is 237 g/mol. The number of hydrogen-bond acceptors (Lipinski definition) is 3. The third-order valence-electron chi connectivity index (χ3n) is 4.14. The van der Waals surface area contributed by atoms with Gasteiger partial charge in [-0.05, 0) is 50.8 Å². The monoisotopic (exact) mass is 261 g/mol. The number of rotatable bonds is 1. The maximum absolute atomic E-state index is 6.03. The van der Waals surface area contributed by atoms with E-state index in [9.17, 15) is 0 Å². The maximum atomic E-state index is 6.03. The number of pyridine rings is 1. The molecule has 2 heterocycles. The number of nitrogens with zero attached hydrogens (tertiary/aromatic N) is 1. The van der Waals surface area contributed by atoms with Crippen LogP contribution in [0.2, 0.25) is 0 Å². The average Bonchev–Trinajstić information content (AvgIpc) is 2.47. The van der Waals surface area contributed by atoms with Crippen LogP contribution in [0.5, 0.6) is 0 Å². The van der Waals surface area contributed by atoms with Gasteiger partial charge in [0.2, 0.25) is 0 Å². The molecule has 1 fully saturated rings. The van der Waals surface area contributed by atoms with Gasteiger partial charge < -0.3 is 9.31 Å². The van der Waals surface area contributed by atoms with Gasteiger partial charge in [0.15, 0.2) is 0 Å². The Labute approximate surface area is 116 Å². The minimum atomic E-state index is -0.382. The molecule has 0 spiro atoms. The van der Waals surface area contributed by atoms with Crippen LogP contribution in [-0.4, -0.2) is 23.3 Å². The van der Waals surface area contributed by atoms with E-state index in [-0.39, 0.29) is 23.7 Å². The fourth-order valence-electron chi connectivity index (χ4n) is 2.01. The maximum Gasteiger partial charge on any atom is 0.514 e. The quantitative estimate of drug-likeness (QED) is 0.728. The van der Waals surface area contributed by atoms with Gasteiger partial charge >= 0.3 is 7.12 Å². The zero-order valence-corrected chi connectivity index (χ0v) is 13.1. The summed E-state index contributed by atoms with van der Waals surface area (Å²) in [5.74, 6) is 0. The first-order chi connectivity index (χ1) is 8.53. The van der Waals surface area contributed by atoms with Crippen LogP contribution in [0.4, 0.5) is 0 Å². The lowest BCUT2D eigenvalue weighted by Gasteiger charge is -2.32. The van der Waals surface area contributed by atoms with E-state index in [0.717, 1.165) is 5.59 Å². The van der Waals surface area contributed by atoms with E-state index >= 15 is 0 Å². The zero-order valence-electron chi connectivity index (χ0n) is 13.1. The largest absolute Gasteiger partial charge is 0.514 e. The molecule has 0 N–H and O–H groups in total. The summed E-state index contributed by atoms with van der Waals surface area (Å²) in [4.78, 5) is 4.42. The van der Waals surface area contributed by atoms with Crippen molar-refractivity contribution in [1.29, 1.82) is 0 Å². The van der Waals surface area contributed by atoms with Gasteiger partial charge in [-0.1, -0.05) is 20.8 Å². The Morgan fingerprint density at radius 2 is 1.58 bits per heavy atom. The summed E-state index contributed by atoms with van der Waals surface area (Å²) < 4.78 is 12.1. The molecule has 0 bridgehead atoms. The standard InChI is InChI=1S/C15H24BNO2/c1-13(2,3)11-8-9-17-12(10-11)16-18-14(4,5)15(6,7)19-16/h8-10H,1-7H3. The Morgan fingerprint density at radius 3 is 2.05 bits per heavy atom. The fraction of sp³-hybridized carbons (Fsp3) is 0.667. The molecular formula is C15H24BNO2. The fourth-order valence-corrected chi connectivity index (χ4v) is 2.01. The second-order valence-corrected chi connectivity index (χ2v) is 7.31. The Bertz CT molecular complexity index is 461. The highest BCUT2D eigenvalue weighted by Crippen LogP contribution is 2.36. The van der Waals surface area contributed by atoms with E-state index in [1.165, 1.54) is 5.56 Å². The van der Waals surface area contributed by atoms with E-state index in [0.29, 0.717) is 0 Å². The zero-order chi connectivity index (χ0) is 14.5. The van der Waals surface area contributed by atoms with Crippen LogP contribution in [0.25, 0.3) is 0 Å². The van der Waals surface area contributed by atoms with Crippen molar-refractivity contribution in [1.82, 2.24) is 4.98 Å². The first kappa shape index (κ1) is 14.5. The molecule has 1 aliphatic rings. The minimum absolute atomic E-state index is 0.0985. The smallest absolute Gasteiger partial charge is 0.398 e. The van der Waals surface area contributed by atoms with Crippen LogP contribution in [0.15, 0.2) is 18.3 Å². The normalized spacial score (nSPS) is 21.7. The Kier molecular flexibility index (Phi) is 3.31. The summed E-state index contributed by atoms with van der Waals surface area (Å²) in [5, 5.41) is 0. The van der Waals surface area contributed by atoms with Crippen molar-refractivity contribution in [2.75, 3.05) is 0 Å². The predicted octanol–water partition coefficient (Wildman–Crippen LogP) is 2.68. The van der Waals surface area contributed by atoms with Gasteiger partial charge in [-0.3, -0.25) is 4.98 Å². The molecule has 0 aromatic carbocycles. The highest BCUT2D eigenvalue weighted by Gasteiger charge is 2.52. The Balaban J connectivity index is 2.30. The lowest BCUT2D eigenvalue weighted by Crippen LogP contribution is -2.41. The molecule has 1 aromatic heterocycles. The van der Waals surface area contributed by atoms with Gasteiger partial charge in [0.1, 0.15) is 0 Å².